The predicted molar refractivity (Wildman–Crippen MR) is 143 cm³/mol. The van der Waals surface area contributed by atoms with Gasteiger partial charge in [0.2, 0.25) is 0 Å². The molecule has 2 N–H and O–H groups in total. The summed E-state index contributed by atoms with van der Waals surface area (Å²) in [6, 6.07) is 13.9. The van der Waals surface area contributed by atoms with Gasteiger partial charge in [-0.1, -0.05) is 12.1 Å². The Hall–Kier alpha value is -3.62. The third kappa shape index (κ3) is 6.03. The van der Waals surface area contributed by atoms with Gasteiger partial charge in [-0.2, -0.15) is 0 Å². The molecule has 0 saturated carbocycles. The third-order valence-electron chi connectivity index (χ3n) is 7.12. The molecule has 0 radical (unpaired) electrons. The molecular formula is C29H33N3O5. The van der Waals surface area contributed by atoms with Gasteiger partial charge in [-0.15, -0.1) is 0 Å². The van der Waals surface area contributed by atoms with Crippen LogP contribution in [0.3, 0.4) is 0 Å². The number of benzene rings is 2. The van der Waals surface area contributed by atoms with E-state index in [4.69, 9.17) is 14.6 Å². The maximum atomic E-state index is 12.8. The summed E-state index contributed by atoms with van der Waals surface area (Å²) in [5, 5.41) is 13.6. The van der Waals surface area contributed by atoms with Gasteiger partial charge in [0.05, 0.1) is 5.52 Å². The fourth-order valence-corrected chi connectivity index (χ4v) is 5.17. The van der Waals surface area contributed by atoms with E-state index in [9.17, 15) is 9.59 Å². The van der Waals surface area contributed by atoms with Crippen LogP contribution >= 0.6 is 0 Å². The molecule has 194 valence electrons. The van der Waals surface area contributed by atoms with Crippen LogP contribution in [0.15, 0.2) is 53.3 Å². The van der Waals surface area contributed by atoms with Crippen molar-refractivity contribution in [1.82, 2.24) is 14.8 Å². The zero-order chi connectivity index (χ0) is 25.8. The Balaban J connectivity index is 1.18. The maximum absolute atomic E-state index is 12.8. The molecule has 2 aromatic carbocycles. The zero-order valence-corrected chi connectivity index (χ0v) is 21.1. The number of aromatic nitrogens is 1. The number of aliphatic carboxylic acids is 1. The zero-order valence-electron chi connectivity index (χ0n) is 21.1. The van der Waals surface area contributed by atoms with Gasteiger partial charge in [0.15, 0.2) is 11.5 Å². The first-order valence-electron chi connectivity index (χ1n) is 12.9. The molecule has 2 aliphatic rings. The topological polar surface area (TPSA) is 93.0 Å². The molecule has 1 saturated heterocycles. The summed E-state index contributed by atoms with van der Waals surface area (Å²) in [6.07, 6.45) is 4.83. The van der Waals surface area contributed by atoms with Crippen molar-refractivity contribution in [2.45, 2.75) is 38.9 Å². The van der Waals surface area contributed by atoms with Crippen molar-refractivity contribution in [2.24, 2.45) is 0 Å². The number of hydrogen-bond donors (Lipinski definition) is 2. The van der Waals surface area contributed by atoms with Crippen LogP contribution in [0.1, 0.15) is 29.5 Å². The normalized spacial score (nSPS) is 16.5. The van der Waals surface area contributed by atoms with Crippen LogP contribution in [-0.2, 0) is 17.9 Å². The number of rotatable bonds is 8. The van der Waals surface area contributed by atoms with E-state index in [0.717, 1.165) is 78.6 Å². The van der Waals surface area contributed by atoms with Crippen molar-refractivity contribution < 1.29 is 19.4 Å². The fraction of sp³-hybridized carbons (Fsp3) is 0.379. The van der Waals surface area contributed by atoms with Gasteiger partial charge >= 0.3 is 5.97 Å². The van der Waals surface area contributed by atoms with Crippen LogP contribution in [0.4, 0.5) is 0 Å². The first-order valence-corrected chi connectivity index (χ1v) is 12.9. The van der Waals surface area contributed by atoms with E-state index in [1.165, 1.54) is 5.56 Å². The lowest BCUT2D eigenvalue weighted by Crippen LogP contribution is -2.43. The van der Waals surface area contributed by atoms with E-state index in [2.05, 4.69) is 22.3 Å². The van der Waals surface area contributed by atoms with Crippen LogP contribution in [0.25, 0.3) is 17.0 Å². The highest BCUT2D eigenvalue weighted by molar-refractivity contribution is 5.93. The number of hydrogen-bond acceptors (Lipinski definition) is 6. The molecule has 37 heavy (non-hydrogen) atoms. The second-order valence-electron chi connectivity index (χ2n) is 9.76. The van der Waals surface area contributed by atoms with Crippen molar-refractivity contribution in [1.29, 1.82) is 0 Å². The molecule has 1 fully saturated rings. The molecule has 0 aliphatic carbocycles. The molecule has 3 aromatic rings. The summed E-state index contributed by atoms with van der Waals surface area (Å²) in [6.45, 7) is 7.29. The molecule has 8 heteroatoms. The van der Waals surface area contributed by atoms with Crippen LogP contribution in [0.2, 0.25) is 0 Å². The number of ether oxygens (including phenoxy) is 2. The molecule has 0 spiro atoms. The Morgan fingerprint density at radius 2 is 1.84 bits per heavy atom. The highest BCUT2D eigenvalue weighted by atomic mass is 16.6. The van der Waals surface area contributed by atoms with Crippen molar-refractivity contribution >= 4 is 22.9 Å². The van der Waals surface area contributed by atoms with E-state index in [0.29, 0.717) is 25.8 Å². The lowest BCUT2D eigenvalue weighted by Gasteiger charge is -2.32. The number of nitrogens with zero attached hydrogens (tertiary/aromatic N) is 2. The SMILES string of the molecule is Cc1cc(/C=C/C(=O)O)c2ccc(=O)n(CCN3CCC(NCc4ccc5c(c4)OCCO5)CC3)c2c1. The van der Waals surface area contributed by atoms with Crippen LogP contribution in [0.5, 0.6) is 11.5 Å². The van der Waals surface area contributed by atoms with E-state index in [-0.39, 0.29) is 5.56 Å². The number of carboxylic acids is 1. The Bertz CT molecular complexity index is 1370. The maximum Gasteiger partial charge on any atom is 0.328 e. The minimum absolute atomic E-state index is 0.0396. The number of aryl methyl sites for hydroxylation is 1. The van der Waals surface area contributed by atoms with E-state index in [1.807, 2.05) is 29.7 Å². The van der Waals surface area contributed by atoms with Gasteiger partial charge in [-0.25, -0.2) is 4.79 Å². The first kappa shape index (κ1) is 25.0. The van der Waals surface area contributed by atoms with Crippen LogP contribution in [-0.4, -0.2) is 59.4 Å². The smallest absolute Gasteiger partial charge is 0.328 e. The standard InChI is InChI=1S/C29H33N3O5/c1-20-16-22(3-7-29(34)35)24-4-6-28(33)32(25(24)17-20)13-12-31-10-8-23(9-11-31)30-19-21-2-5-26-27(18-21)37-15-14-36-26/h2-7,16-18,23,30H,8-15,19H2,1H3,(H,34,35)/b7-3+. The monoisotopic (exact) mass is 503 g/mol. The number of pyridine rings is 1. The minimum atomic E-state index is -0.993. The van der Waals surface area contributed by atoms with Crippen LogP contribution in [0, 0.1) is 6.92 Å². The fourth-order valence-electron chi connectivity index (χ4n) is 5.17. The molecule has 0 unspecified atom stereocenters. The summed E-state index contributed by atoms with van der Waals surface area (Å²) in [7, 11) is 0. The van der Waals surface area contributed by atoms with Crippen molar-refractivity contribution in [3.05, 3.63) is 75.6 Å². The summed E-state index contributed by atoms with van der Waals surface area (Å²) < 4.78 is 13.1. The van der Waals surface area contributed by atoms with Crippen molar-refractivity contribution in [3.63, 3.8) is 0 Å². The lowest BCUT2D eigenvalue weighted by molar-refractivity contribution is -0.131. The third-order valence-corrected chi connectivity index (χ3v) is 7.12. The molecular weight excluding hydrogens is 470 g/mol. The number of nitrogens with one attached hydrogen (secondary N) is 1. The first-order chi connectivity index (χ1) is 18.0. The summed E-state index contributed by atoms with van der Waals surface area (Å²) >= 11 is 0. The summed E-state index contributed by atoms with van der Waals surface area (Å²) in [4.78, 5) is 26.2. The lowest BCUT2D eigenvalue weighted by atomic mass is 10.0. The molecule has 2 aliphatic heterocycles. The Morgan fingerprint density at radius 3 is 2.62 bits per heavy atom. The largest absolute Gasteiger partial charge is 0.486 e. The highest BCUT2D eigenvalue weighted by Crippen LogP contribution is 2.30. The van der Waals surface area contributed by atoms with E-state index in [1.54, 1.807) is 18.2 Å². The Labute approximate surface area is 216 Å². The van der Waals surface area contributed by atoms with Gasteiger partial charge in [0.1, 0.15) is 13.2 Å². The van der Waals surface area contributed by atoms with Gasteiger partial charge in [0, 0.05) is 43.2 Å². The van der Waals surface area contributed by atoms with Crippen molar-refractivity contribution in [2.75, 3.05) is 32.8 Å². The quantitative estimate of drug-likeness (QED) is 0.455. The number of piperidine rings is 1. The predicted octanol–water partition coefficient (Wildman–Crippen LogP) is 3.43. The number of fused-ring (bicyclic) bond motifs is 2. The Kier molecular flexibility index (Phi) is 7.58. The molecule has 8 nitrogen and oxygen atoms in total. The number of carbonyl (C=O) groups is 1. The minimum Gasteiger partial charge on any atom is -0.486 e. The second-order valence-corrected chi connectivity index (χ2v) is 9.76. The molecule has 3 heterocycles. The average Bonchev–Trinajstić information content (AvgIpc) is 2.90. The molecule has 5 rings (SSSR count). The van der Waals surface area contributed by atoms with Gasteiger partial charge in [-0.05, 0) is 79.9 Å². The Morgan fingerprint density at radius 1 is 1.05 bits per heavy atom. The van der Waals surface area contributed by atoms with Gasteiger partial charge in [0.25, 0.3) is 5.56 Å². The average molecular weight is 504 g/mol. The van der Waals surface area contributed by atoms with Crippen LogP contribution < -0.4 is 20.3 Å². The molecule has 1 aromatic heterocycles. The van der Waals surface area contributed by atoms with E-state index < -0.39 is 5.97 Å². The highest BCUT2D eigenvalue weighted by Gasteiger charge is 2.20. The molecule has 0 amide bonds. The van der Waals surface area contributed by atoms with E-state index >= 15 is 0 Å². The van der Waals surface area contributed by atoms with Gasteiger partial charge in [-0.3, -0.25) is 4.79 Å². The van der Waals surface area contributed by atoms with Gasteiger partial charge < -0.3 is 29.4 Å². The van der Waals surface area contributed by atoms with Crippen molar-refractivity contribution in [3.8, 4) is 11.5 Å². The number of likely N-dealkylation sites (tertiary alicyclic amines) is 1. The number of carboxylic acid groups (broad SMARTS) is 1. The molecule has 0 bridgehead atoms. The second kappa shape index (κ2) is 11.2. The summed E-state index contributed by atoms with van der Waals surface area (Å²) in [5.41, 5.74) is 3.78. The summed E-state index contributed by atoms with van der Waals surface area (Å²) in [5.74, 6) is 0.646. The molecule has 0 atom stereocenters.